The first-order valence-electron chi connectivity index (χ1n) is 6.69. The number of fused-ring (bicyclic) bond motifs is 3. The third kappa shape index (κ3) is 2.32. The average Bonchev–Trinajstić information content (AvgIpc) is 2.84. The smallest absolute Gasteiger partial charge is 0.326 e. The Bertz CT molecular complexity index is 739. The molecule has 0 aliphatic carbocycles. The monoisotopic (exact) mass is 320 g/mol. The van der Waals surface area contributed by atoms with Gasteiger partial charge in [0.05, 0.1) is 6.54 Å². The second kappa shape index (κ2) is 5.35. The van der Waals surface area contributed by atoms with Crippen LogP contribution in [-0.2, 0) is 17.8 Å². The fourth-order valence-electron chi connectivity index (χ4n) is 2.96. The molecule has 0 spiro atoms. The molecule has 21 heavy (non-hydrogen) atoms. The van der Waals surface area contributed by atoms with Crippen LogP contribution in [0.3, 0.4) is 0 Å². The van der Waals surface area contributed by atoms with E-state index in [4.69, 9.17) is 12.2 Å². The standard InChI is InChI=1S/C15H16N2O2S2/c1-8-4-3-5-9-10-6-12(14(18)19)17(15(20)21-2)7-11(10)16-13(8)9/h3-5,12,16H,6-7H2,1-2H3,(H,18,19)/t12-/m0/s1. The first kappa shape index (κ1) is 14.4. The van der Waals surface area contributed by atoms with Gasteiger partial charge in [0.2, 0.25) is 0 Å². The Morgan fingerprint density at radius 2 is 2.29 bits per heavy atom. The van der Waals surface area contributed by atoms with Crippen molar-refractivity contribution in [2.45, 2.75) is 25.9 Å². The van der Waals surface area contributed by atoms with Crippen molar-refractivity contribution in [3.63, 3.8) is 0 Å². The molecule has 0 amide bonds. The number of rotatable bonds is 1. The van der Waals surface area contributed by atoms with Crippen LogP contribution in [0.5, 0.6) is 0 Å². The summed E-state index contributed by atoms with van der Waals surface area (Å²) < 4.78 is 0.628. The molecule has 2 heterocycles. The van der Waals surface area contributed by atoms with Crippen LogP contribution in [0.4, 0.5) is 0 Å². The summed E-state index contributed by atoms with van der Waals surface area (Å²) in [5.74, 6) is -0.820. The molecule has 2 N–H and O–H groups in total. The zero-order valence-electron chi connectivity index (χ0n) is 11.8. The Morgan fingerprint density at radius 3 is 2.95 bits per heavy atom. The number of aliphatic carboxylic acids is 1. The molecule has 1 aromatic heterocycles. The lowest BCUT2D eigenvalue weighted by Gasteiger charge is -2.34. The number of carboxylic acid groups (broad SMARTS) is 1. The molecule has 0 radical (unpaired) electrons. The number of aromatic nitrogens is 1. The van der Waals surface area contributed by atoms with Crippen molar-refractivity contribution in [3.05, 3.63) is 35.0 Å². The van der Waals surface area contributed by atoms with E-state index < -0.39 is 12.0 Å². The quantitative estimate of drug-likeness (QED) is 0.791. The van der Waals surface area contributed by atoms with Crippen molar-refractivity contribution in [2.75, 3.05) is 6.26 Å². The number of thiocarbonyl (C=S) groups is 1. The molecule has 0 fully saturated rings. The van der Waals surface area contributed by atoms with Crippen molar-refractivity contribution in [1.29, 1.82) is 0 Å². The zero-order valence-corrected chi connectivity index (χ0v) is 13.5. The fourth-order valence-corrected chi connectivity index (χ4v) is 3.57. The minimum absolute atomic E-state index is 0.481. The van der Waals surface area contributed by atoms with Gasteiger partial charge in [-0.05, 0) is 24.3 Å². The van der Waals surface area contributed by atoms with E-state index in [1.54, 1.807) is 4.90 Å². The number of benzene rings is 1. The molecule has 1 aromatic carbocycles. The molecule has 0 unspecified atom stereocenters. The van der Waals surface area contributed by atoms with E-state index in [0.29, 0.717) is 17.3 Å². The Kier molecular flexibility index (Phi) is 3.67. The number of para-hydroxylation sites is 1. The third-order valence-corrected chi connectivity index (χ3v) is 5.35. The van der Waals surface area contributed by atoms with Gasteiger partial charge in [-0.3, -0.25) is 0 Å². The molecular formula is C15H16N2O2S2. The minimum atomic E-state index is -0.820. The molecule has 1 aliphatic heterocycles. The van der Waals surface area contributed by atoms with E-state index in [-0.39, 0.29) is 0 Å². The maximum absolute atomic E-state index is 11.6. The summed E-state index contributed by atoms with van der Waals surface area (Å²) in [5, 5.41) is 10.7. The molecular weight excluding hydrogens is 304 g/mol. The molecule has 110 valence electrons. The molecule has 0 saturated carbocycles. The SMILES string of the molecule is CSC(=S)N1Cc2[nH]c3c(C)cccc3c2C[C@H]1C(=O)O. The van der Waals surface area contributed by atoms with E-state index in [1.165, 1.54) is 17.3 Å². The van der Waals surface area contributed by atoms with Crippen LogP contribution in [0, 0.1) is 6.92 Å². The van der Waals surface area contributed by atoms with Gasteiger partial charge >= 0.3 is 5.97 Å². The Hall–Kier alpha value is -1.53. The fraction of sp³-hybridized carbons (Fsp3) is 0.333. The Morgan fingerprint density at radius 1 is 1.52 bits per heavy atom. The van der Waals surface area contributed by atoms with E-state index in [1.807, 2.05) is 12.3 Å². The van der Waals surface area contributed by atoms with Gasteiger partial charge in [0.15, 0.2) is 0 Å². The van der Waals surface area contributed by atoms with Gasteiger partial charge in [0.25, 0.3) is 0 Å². The lowest BCUT2D eigenvalue weighted by Crippen LogP contribution is -2.47. The van der Waals surface area contributed by atoms with Crippen LogP contribution in [0.25, 0.3) is 10.9 Å². The predicted molar refractivity (Wildman–Crippen MR) is 89.8 cm³/mol. The van der Waals surface area contributed by atoms with E-state index >= 15 is 0 Å². The highest BCUT2D eigenvalue weighted by Crippen LogP contribution is 2.32. The van der Waals surface area contributed by atoms with Gasteiger partial charge in [-0.15, -0.1) is 11.8 Å². The van der Waals surface area contributed by atoms with Crippen molar-refractivity contribution in [3.8, 4) is 0 Å². The molecule has 1 aliphatic rings. The molecule has 3 rings (SSSR count). The van der Waals surface area contributed by atoms with Crippen LogP contribution in [0.1, 0.15) is 16.8 Å². The number of nitrogens with one attached hydrogen (secondary N) is 1. The Balaban J connectivity index is 2.12. The van der Waals surface area contributed by atoms with E-state index in [9.17, 15) is 9.90 Å². The number of carboxylic acids is 1. The van der Waals surface area contributed by atoms with E-state index in [0.717, 1.165) is 22.2 Å². The number of H-pyrrole nitrogens is 1. The van der Waals surface area contributed by atoms with Crippen molar-refractivity contribution < 1.29 is 9.90 Å². The number of aryl methyl sites for hydroxylation is 1. The van der Waals surface area contributed by atoms with Gasteiger partial charge in [0, 0.05) is 23.0 Å². The zero-order chi connectivity index (χ0) is 15.1. The average molecular weight is 320 g/mol. The summed E-state index contributed by atoms with van der Waals surface area (Å²) in [6.07, 6.45) is 2.36. The van der Waals surface area contributed by atoms with E-state index in [2.05, 4.69) is 24.0 Å². The largest absolute Gasteiger partial charge is 0.480 e. The van der Waals surface area contributed by atoms with Crippen LogP contribution >= 0.6 is 24.0 Å². The maximum Gasteiger partial charge on any atom is 0.326 e. The number of hydrogen-bond donors (Lipinski definition) is 2. The first-order valence-corrected chi connectivity index (χ1v) is 8.32. The summed E-state index contributed by atoms with van der Waals surface area (Å²) in [6.45, 7) is 2.59. The van der Waals surface area contributed by atoms with Crippen LogP contribution in [0.2, 0.25) is 0 Å². The van der Waals surface area contributed by atoms with Gasteiger partial charge in [-0.25, -0.2) is 4.79 Å². The molecule has 1 atom stereocenters. The Labute approximate surface area is 132 Å². The molecule has 6 heteroatoms. The highest BCUT2D eigenvalue weighted by Gasteiger charge is 2.34. The van der Waals surface area contributed by atoms with Crippen LogP contribution < -0.4 is 0 Å². The normalized spacial score (nSPS) is 17.8. The lowest BCUT2D eigenvalue weighted by molar-refractivity contribution is -0.142. The number of thioether (sulfide) groups is 1. The number of carbonyl (C=O) groups is 1. The lowest BCUT2D eigenvalue weighted by atomic mass is 9.96. The molecule has 0 saturated heterocycles. The molecule has 2 aromatic rings. The van der Waals surface area contributed by atoms with Crippen molar-refractivity contribution in [2.24, 2.45) is 0 Å². The summed E-state index contributed by atoms with van der Waals surface area (Å²) in [4.78, 5) is 16.8. The van der Waals surface area contributed by atoms with Gasteiger partial charge in [-0.1, -0.05) is 30.4 Å². The highest BCUT2D eigenvalue weighted by atomic mass is 32.2. The summed E-state index contributed by atoms with van der Waals surface area (Å²) in [7, 11) is 0. The second-order valence-corrected chi connectivity index (χ2v) is 6.68. The summed E-state index contributed by atoms with van der Waals surface area (Å²) >= 11 is 6.74. The third-order valence-electron chi connectivity index (χ3n) is 4.03. The summed E-state index contributed by atoms with van der Waals surface area (Å²) in [6, 6.07) is 5.54. The number of nitrogens with zero attached hydrogens (tertiary/aromatic N) is 1. The van der Waals surface area contributed by atoms with Crippen molar-refractivity contribution in [1.82, 2.24) is 9.88 Å². The van der Waals surface area contributed by atoms with Gasteiger partial charge in [0.1, 0.15) is 10.4 Å². The molecule has 0 bridgehead atoms. The maximum atomic E-state index is 11.6. The first-order chi connectivity index (χ1) is 10.0. The predicted octanol–water partition coefficient (Wildman–Crippen LogP) is 2.94. The second-order valence-electron chi connectivity index (χ2n) is 5.24. The highest BCUT2D eigenvalue weighted by molar-refractivity contribution is 8.22. The topological polar surface area (TPSA) is 56.3 Å². The van der Waals surface area contributed by atoms with Gasteiger partial charge in [-0.2, -0.15) is 0 Å². The molecule has 4 nitrogen and oxygen atoms in total. The van der Waals surface area contributed by atoms with Gasteiger partial charge < -0.3 is 15.0 Å². The number of aromatic amines is 1. The van der Waals surface area contributed by atoms with Crippen LogP contribution in [-0.4, -0.2) is 37.6 Å². The van der Waals surface area contributed by atoms with Crippen molar-refractivity contribution >= 4 is 45.2 Å². The summed E-state index contributed by atoms with van der Waals surface area (Å²) in [5.41, 5.74) is 4.46. The minimum Gasteiger partial charge on any atom is -0.480 e. The van der Waals surface area contributed by atoms with Crippen LogP contribution in [0.15, 0.2) is 18.2 Å². The number of hydrogen-bond acceptors (Lipinski definition) is 3.